The molecule has 0 aromatic rings. The van der Waals surface area contributed by atoms with Crippen molar-refractivity contribution in [3.8, 4) is 0 Å². The number of hydrogen-bond acceptors (Lipinski definition) is 3. The highest BCUT2D eigenvalue weighted by Crippen LogP contribution is 2.15. The van der Waals surface area contributed by atoms with E-state index >= 15 is 0 Å². The molecule has 0 aromatic heterocycles. The number of nitrogens with zero attached hydrogens (tertiary/aromatic N) is 2. The summed E-state index contributed by atoms with van der Waals surface area (Å²) in [6.45, 7) is 13.4. The third-order valence-corrected chi connectivity index (χ3v) is 3.91. The SMILES string of the molecule is CCC=C(C)C(=O)NCC(C)(C)N1CCN(C)CC1. The molecule has 1 saturated heterocycles. The zero-order valence-electron chi connectivity index (χ0n) is 13.1. The van der Waals surface area contributed by atoms with E-state index in [9.17, 15) is 4.79 Å². The van der Waals surface area contributed by atoms with Crippen molar-refractivity contribution in [1.82, 2.24) is 15.1 Å². The summed E-state index contributed by atoms with van der Waals surface area (Å²) in [5.74, 6) is 0.0593. The zero-order valence-corrected chi connectivity index (χ0v) is 13.1. The third kappa shape index (κ3) is 4.96. The van der Waals surface area contributed by atoms with Crippen molar-refractivity contribution in [3.63, 3.8) is 0 Å². The summed E-state index contributed by atoms with van der Waals surface area (Å²) >= 11 is 0. The highest BCUT2D eigenvalue weighted by atomic mass is 16.1. The second kappa shape index (κ2) is 7.06. The highest BCUT2D eigenvalue weighted by Gasteiger charge is 2.29. The van der Waals surface area contributed by atoms with Gasteiger partial charge in [0, 0.05) is 43.8 Å². The first-order valence-electron chi connectivity index (χ1n) is 7.25. The minimum atomic E-state index is 0.0173. The van der Waals surface area contributed by atoms with Gasteiger partial charge in [-0.3, -0.25) is 9.69 Å². The van der Waals surface area contributed by atoms with Crippen LogP contribution in [-0.4, -0.2) is 61.0 Å². The molecule has 0 aliphatic carbocycles. The van der Waals surface area contributed by atoms with Gasteiger partial charge in [-0.1, -0.05) is 13.0 Å². The fraction of sp³-hybridized carbons (Fsp3) is 0.800. The second-order valence-electron chi connectivity index (χ2n) is 6.08. The van der Waals surface area contributed by atoms with E-state index in [0.29, 0.717) is 6.54 Å². The molecule has 0 radical (unpaired) electrons. The summed E-state index contributed by atoms with van der Waals surface area (Å²) in [6.07, 6.45) is 2.87. The Kier molecular flexibility index (Phi) is 6.01. The lowest BCUT2D eigenvalue weighted by atomic mass is 10.0. The van der Waals surface area contributed by atoms with Gasteiger partial charge < -0.3 is 10.2 Å². The predicted molar refractivity (Wildman–Crippen MR) is 80.2 cm³/mol. The maximum absolute atomic E-state index is 11.9. The summed E-state index contributed by atoms with van der Waals surface area (Å²) in [5.41, 5.74) is 0.834. The molecule has 0 bridgehead atoms. The largest absolute Gasteiger partial charge is 0.350 e. The van der Waals surface area contributed by atoms with Gasteiger partial charge in [0.2, 0.25) is 5.91 Å². The monoisotopic (exact) mass is 267 g/mol. The summed E-state index contributed by atoms with van der Waals surface area (Å²) in [6, 6.07) is 0. The molecule has 0 aromatic carbocycles. The van der Waals surface area contributed by atoms with Gasteiger partial charge in [-0.15, -0.1) is 0 Å². The average Bonchev–Trinajstić information content (AvgIpc) is 2.37. The smallest absolute Gasteiger partial charge is 0.246 e. The number of rotatable bonds is 5. The molecule has 1 fully saturated rings. The summed E-state index contributed by atoms with van der Waals surface area (Å²) in [4.78, 5) is 16.7. The van der Waals surface area contributed by atoms with Crippen LogP contribution in [0.4, 0.5) is 0 Å². The molecule has 0 atom stereocenters. The van der Waals surface area contributed by atoms with Crippen molar-refractivity contribution in [1.29, 1.82) is 0 Å². The van der Waals surface area contributed by atoms with E-state index in [2.05, 4.69) is 36.0 Å². The number of carbonyl (C=O) groups excluding carboxylic acids is 1. The second-order valence-corrected chi connectivity index (χ2v) is 6.08. The van der Waals surface area contributed by atoms with Crippen molar-refractivity contribution in [2.45, 2.75) is 39.7 Å². The lowest BCUT2D eigenvalue weighted by Gasteiger charge is -2.43. The molecule has 110 valence electrons. The summed E-state index contributed by atoms with van der Waals surface area (Å²) in [5, 5.41) is 3.05. The van der Waals surface area contributed by atoms with Crippen molar-refractivity contribution in [2.75, 3.05) is 39.8 Å². The molecular weight excluding hydrogens is 238 g/mol. The Morgan fingerprint density at radius 3 is 2.37 bits per heavy atom. The Labute approximate surface area is 117 Å². The molecule has 0 spiro atoms. The number of nitrogens with one attached hydrogen (secondary N) is 1. The van der Waals surface area contributed by atoms with Crippen LogP contribution in [0, 0.1) is 0 Å². The number of piperazine rings is 1. The van der Waals surface area contributed by atoms with Crippen molar-refractivity contribution in [2.24, 2.45) is 0 Å². The highest BCUT2D eigenvalue weighted by molar-refractivity contribution is 5.92. The van der Waals surface area contributed by atoms with Crippen molar-refractivity contribution < 1.29 is 4.79 Å². The Morgan fingerprint density at radius 2 is 1.84 bits per heavy atom. The van der Waals surface area contributed by atoms with Crippen LogP contribution in [0.2, 0.25) is 0 Å². The van der Waals surface area contributed by atoms with E-state index in [-0.39, 0.29) is 11.4 Å². The van der Waals surface area contributed by atoms with Gasteiger partial charge in [0.25, 0.3) is 0 Å². The van der Waals surface area contributed by atoms with Crippen LogP contribution in [0.5, 0.6) is 0 Å². The minimum Gasteiger partial charge on any atom is -0.350 e. The fourth-order valence-electron chi connectivity index (χ4n) is 2.36. The lowest BCUT2D eigenvalue weighted by molar-refractivity contribution is -0.118. The maximum Gasteiger partial charge on any atom is 0.246 e. The molecule has 0 unspecified atom stereocenters. The van der Waals surface area contributed by atoms with Crippen LogP contribution in [-0.2, 0) is 4.79 Å². The molecule has 1 N–H and O–H groups in total. The van der Waals surface area contributed by atoms with Gasteiger partial charge in [-0.2, -0.15) is 0 Å². The van der Waals surface area contributed by atoms with Gasteiger partial charge in [0.1, 0.15) is 0 Å². The first kappa shape index (κ1) is 16.2. The van der Waals surface area contributed by atoms with Crippen LogP contribution < -0.4 is 5.32 Å². The molecule has 1 aliphatic heterocycles. The standard InChI is InChI=1S/C15H29N3O/c1-6-7-13(2)14(19)16-12-15(3,4)18-10-8-17(5)9-11-18/h7H,6,8-12H2,1-5H3,(H,16,19). The van der Waals surface area contributed by atoms with Gasteiger partial charge in [0.05, 0.1) is 0 Å². The van der Waals surface area contributed by atoms with Crippen LogP contribution >= 0.6 is 0 Å². The van der Waals surface area contributed by atoms with E-state index in [1.165, 1.54) is 0 Å². The Morgan fingerprint density at radius 1 is 1.26 bits per heavy atom. The number of carbonyl (C=O) groups is 1. The Bertz CT molecular complexity index is 328. The Balaban J connectivity index is 2.46. The molecule has 1 heterocycles. The molecule has 1 aliphatic rings. The average molecular weight is 267 g/mol. The minimum absolute atomic E-state index is 0.0173. The van der Waals surface area contributed by atoms with Crippen LogP contribution in [0.25, 0.3) is 0 Å². The third-order valence-electron chi connectivity index (χ3n) is 3.91. The summed E-state index contributed by atoms with van der Waals surface area (Å²) in [7, 11) is 2.16. The van der Waals surface area contributed by atoms with E-state index in [4.69, 9.17) is 0 Å². The molecule has 1 rings (SSSR count). The maximum atomic E-state index is 11.9. The van der Waals surface area contributed by atoms with Gasteiger partial charge in [-0.05, 0) is 34.2 Å². The van der Waals surface area contributed by atoms with Gasteiger partial charge in [-0.25, -0.2) is 0 Å². The van der Waals surface area contributed by atoms with Gasteiger partial charge >= 0.3 is 0 Å². The summed E-state index contributed by atoms with van der Waals surface area (Å²) < 4.78 is 0. The Hall–Kier alpha value is -0.870. The predicted octanol–water partition coefficient (Wildman–Crippen LogP) is 1.48. The van der Waals surface area contributed by atoms with Crippen LogP contribution in [0.3, 0.4) is 0 Å². The van der Waals surface area contributed by atoms with Crippen LogP contribution in [0.15, 0.2) is 11.6 Å². The fourth-order valence-corrected chi connectivity index (χ4v) is 2.36. The zero-order chi connectivity index (χ0) is 14.5. The first-order valence-corrected chi connectivity index (χ1v) is 7.25. The molecule has 4 nitrogen and oxygen atoms in total. The van der Waals surface area contributed by atoms with Crippen molar-refractivity contribution in [3.05, 3.63) is 11.6 Å². The van der Waals surface area contributed by atoms with E-state index in [0.717, 1.165) is 38.2 Å². The molecular formula is C15H29N3O. The van der Waals surface area contributed by atoms with Crippen LogP contribution in [0.1, 0.15) is 34.1 Å². The number of hydrogen-bond donors (Lipinski definition) is 1. The quantitative estimate of drug-likeness (QED) is 0.767. The number of allylic oxidation sites excluding steroid dienone is 1. The van der Waals surface area contributed by atoms with E-state index < -0.39 is 0 Å². The molecule has 19 heavy (non-hydrogen) atoms. The molecule has 0 saturated carbocycles. The number of likely N-dealkylation sites (N-methyl/N-ethyl adjacent to an activating group) is 1. The van der Waals surface area contributed by atoms with E-state index in [1.54, 1.807) is 0 Å². The number of amides is 1. The molecule has 4 heteroatoms. The topological polar surface area (TPSA) is 35.6 Å². The lowest BCUT2D eigenvalue weighted by Crippen LogP contribution is -2.57. The normalized spacial score (nSPS) is 19.5. The van der Waals surface area contributed by atoms with Crippen molar-refractivity contribution >= 4 is 5.91 Å². The van der Waals surface area contributed by atoms with Gasteiger partial charge in [0.15, 0.2) is 0 Å². The van der Waals surface area contributed by atoms with E-state index in [1.807, 2.05) is 19.9 Å². The molecule has 1 amide bonds. The first-order chi connectivity index (χ1) is 8.86.